The van der Waals surface area contributed by atoms with E-state index in [1.54, 1.807) is 7.11 Å². The highest BCUT2D eigenvalue weighted by molar-refractivity contribution is 5.18. The van der Waals surface area contributed by atoms with Gasteiger partial charge in [0.1, 0.15) is 0 Å². The second-order valence-electron chi connectivity index (χ2n) is 3.86. The molecule has 1 aromatic carbocycles. The molecule has 0 fully saturated rings. The zero-order chi connectivity index (χ0) is 11.1. The van der Waals surface area contributed by atoms with Gasteiger partial charge in [0, 0.05) is 19.2 Å². The van der Waals surface area contributed by atoms with Crippen LogP contribution in [0.2, 0.25) is 0 Å². The van der Waals surface area contributed by atoms with E-state index in [0.29, 0.717) is 12.1 Å². The Bertz CT molecular complexity index is 260. The maximum Gasteiger partial charge on any atom is 0.0615 e. The van der Waals surface area contributed by atoms with Gasteiger partial charge in [-0.15, -0.1) is 0 Å². The van der Waals surface area contributed by atoms with Gasteiger partial charge in [0.05, 0.1) is 6.61 Å². The largest absolute Gasteiger partial charge is 0.383 e. The second-order valence-corrected chi connectivity index (χ2v) is 3.86. The van der Waals surface area contributed by atoms with Gasteiger partial charge in [0.15, 0.2) is 0 Å². The van der Waals surface area contributed by atoms with Crippen LogP contribution in [-0.2, 0) is 4.74 Å². The third-order valence-corrected chi connectivity index (χ3v) is 2.65. The van der Waals surface area contributed by atoms with E-state index >= 15 is 0 Å². The summed E-state index contributed by atoms with van der Waals surface area (Å²) in [6.07, 6.45) is 1.09. The molecule has 0 spiro atoms. The van der Waals surface area contributed by atoms with Gasteiger partial charge in [0.2, 0.25) is 0 Å². The standard InChI is InChI=1S/C13H21NO/c1-4-13(10-15-3)14-11(2)12-8-6-5-7-9-12/h5-9,11,13-14H,4,10H2,1-3H3/t11-,13?/m0/s1. The quantitative estimate of drug-likeness (QED) is 0.774. The topological polar surface area (TPSA) is 21.3 Å². The Kier molecular flexibility index (Phi) is 5.37. The summed E-state index contributed by atoms with van der Waals surface area (Å²) in [5, 5.41) is 3.56. The summed E-state index contributed by atoms with van der Waals surface area (Å²) in [7, 11) is 1.75. The van der Waals surface area contributed by atoms with Crippen LogP contribution < -0.4 is 5.32 Å². The molecule has 0 bridgehead atoms. The van der Waals surface area contributed by atoms with Crippen LogP contribution in [0.4, 0.5) is 0 Å². The molecule has 0 amide bonds. The van der Waals surface area contributed by atoms with E-state index in [-0.39, 0.29) is 0 Å². The predicted octanol–water partition coefficient (Wildman–Crippen LogP) is 2.76. The Morgan fingerprint density at radius 2 is 1.93 bits per heavy atom. The monoisotopic (exact) mass is 207 g/mol. The van der Waals surface area contributed by atoms with Crippen molar-refractivity contribution in [1.29, 1.82) is 0 Å². The van der Waals surface area contributed by atoms with Crippen molar-refractivity contribution in [1.82, 2.24) is 5.32 Å². The summed E-state index contributed by atoms with van der Waals surface area (Å²) < 4.78 is 5.17. The molecule has 84 valence electrons. The fraction of sp³-hybridized carbons (Fsp3) is 0.538. The minimum absolute atomic E-state index is 0.381. The van der Waals surface area contributed by atoms with Crippen LogP contribution in [-0.4, -0.2) is 19.8 Å². The maximum atomic E-state index is 5.17. The van der Waals surface area contributed by atoms with Crippen molar-refractivity contribution in [3.05, 3.63) is 35.9 Å². The summed E-state index contributed by atoms with van der Waals surface area (Å²) >= 11 is 0. The minimum atomic E-state index is 0.381. The molecule has 0 saturated carbocycles. The van der Waals surface area contributed by atoms with Crippen molar-refractivity contribution >= 4 is 0 Å². The number of benzene rings is 1. The number of nitrogens with one attached hydrogen (secondary N) is 1. The summed E-state index contributed by atoms with van der Waals surface area (Å²) in [6.45, 7) is 5.13. The molecule has 1 rings (SSSR count). The molecular weight excluding hydrogens is 186 g/mol. The number of hydrogen-bond acceptors (Lipinski definition) is 2. The zero-order valence-corrected chi connectivity index (χ0v) is 9.86. The molecule has 0 aliphatic heterocycles. The van der Waals surface area contributed by atoms with E-state index < -0.39 is 0 Å². The molecule has 0 aliphatic rings. The van der Waals surface area contributed by atoms with Gasteiger partial charge < -0.3 is 10.1 Å². The van der Waals surface area contributed by atoms with Crippen molar-refractivity contribution in [2.75, 3.05) is 13.7 Å². The smallest absolute Gasteiger partial charge is 0.0615 e. The number of ether oxygens (including phenoxy) is 1. The van der Waals surface area contributed by atoms with Crippen molar-refractivity contribution in [2.45, 2.75) is 32.4 Å². The number of methoxy groups -OCH3 is 1. The first-order valence-electron chi connectivity index (χ1n) is 5.57. The third-order valence-electron chi connectivity index (χ3n) is 2.65. The molecule has 0 heterocycles. The zero-order valence-electron chi connectivity index (χ0n) is 9.86. The van der Waals surface area contributed by atoms with Crippen LogP contribution in [0.15, 0.2) is 30.3 Å². The van der Waals surface area contributed by atoms with E-state index in [2.05, 4.69) is 43.4 Å². The van der Waals surface area contributed by atoms with Crippen molar-refractivity contribution in [3.8, 4) is 0 Å². The van der Waals surface area contributed by atoms with Gasteiger partial charge >= 0.3 is 0 Å². The molecule has 0 saturated heterocycles. The molecule has 2 atom stereocenters. The summed E-state index contributed by atoms with van der Waals surface area (Å²) in [6, 6.07) is 11.3. The number of rotatable bonds is 6. The van der Waals surface area contributed by atoms with Crippen LogP contribution in [0.3, 0.4) is 0 Å². The first kappa shape index (κ1) is 12.2. The molecule has 2 heteroatoms. The van der Waals surface area contributed by atoms with Crippen LogP contribution in [0, 0.1) is 0 Å². The summed E-state index contributed by atoms with van der Waals surface area (Å²) in [5.74, 6) is 0. The van der Waals surface area contributed by atoms with E-state index in [0.717, 1.165) is 13.0 Å². The average Bonchev–Trinajstić information content (AvgIpc) is 2.29. The Morgan fingerprint density at radius 1 is 1.27 bits per heavy atom. The second kappa shape index (κ2) is 6.59. The first-order valence-corrected chi connectivity index (χ1v) is 5.57. The molecule has 1 aromatic rings. The molecular formula is C13H21NO. The van der Waals surface area contributed by atoms with Crippen molar-refractivity contribution in [2.24, 2.45) is 0 Å². The van der Waals surface area contributed by atoms with Crippen molar-refractivity contribution < 1.29 is 4.74 Å². The van der Waals surface area contributed by atoms with Crippen LogP contribution in [0.5, 0.6) is 0 Å². The van der Waals surface area contributed by atoms with Gasteiger partial charge in [-0.1, -0.05) is 37.3 Å². The lowest BCUT2D eigenvalue weighted by Gasteiger charge is -2.21. The lowest BCUT2D eigenvalue weighted by molar-refractivity contribution is 0.159. The van der Waals surface area contributed by atoms with Gasteiger partial charge in [-0.05, 0) is 18.9 Å². The summed E-state index contributed by atoms with van der Waals surface area (Å²) in [5.41, 5.74) is 1.33. The van der Waals surface area contributed by atoms with E-state index in [1.807, 2.05) is 6.07 Å². The molecule has 1 N–H and O–H groups in total. The Hall–Kier alpha value is -0.860. The van der Waals surface area contributed by atoms with Gasteiger partial charge in [-0.2, -0.15) is 0 Å². The van der Waals surface area contributed by atoms with E-state index in [4.69, 9.17) is 4.74 Å². The van der Waals surface area contributed by atoms with Gasteiger partial charge in [-0.3, -0.25) is 0 Å². The Labute approximate surface area is 92.6 Å². The molecule has 0 radical (unpaired) electrons. The molecule has 0 aromatic heterocycles. The van der Waals surface area contributed by atoms with E-state index in [1.165, 1.54) is 5.56 Å². The van der Waals surface area contributed by atoms with Crippen molar-refractivity contribution in [3.63, 3.8) is 0 Å². The molecule has 1 unspecified atom stereocenters. The average molecular weight is 207 g/mol. The fourth-order valence-corrected chi connectivity index (χ4v) is 1.68. The fourth-order valence-electron chi connectivity index (χ4n) is 1.68. The highest BCUT2D eigenvalue weighted by atomic mass is 16.5. The third kappa shape index (κ3) is 4.02. The Morgan fingerprint density at radius 3 is 2.47 bits per heavy atom. The molecule has 2 nitrogen and oxygen atoms in total. The molecule has 0 aliphatic carbocycles. The predicted molar refractivity (Wildman–Crippen MR) is 63.9 cm³/mol. The highest BCUT2D eigenvalue weighted by Crippen LogP contribution is 2.12. The number of hydrogen-bond donors (Lipinski definition) is 1. The Balaban J connectivity index is 2.50. The SMILES string of the molecule is CCC(COC)N[C@@H](C)c1ccccc1. The van der Waals surface area contributed by atoms with Gasteiger partial charge in [-0.25, -0.2) is 0 Å². The maximum absolute atomic E-state index is 5.17. The normalized spacial score (nSPS) is 14.9. The minimum Gasteiger partial charge on any atom is -0.383 e. The lowest BCUT2D eigenvalue weighted by atomic mass is 10.1. The van der Waals surface area contributed by atoms with E-state index in [9.17, 15) is 0 Å². The first-order chi connectivity index (χ1) is 7.27. The van der Waals surface area contributed by atoms with Gasteiger partial charge in [0.25, 0.3) is 0 Å². The van der Waals surface area contributed by atoms with Crippen LogP contribution >= 0.6 is 0 Å². The highest BCUT2D eigenvalue weighted by Gasteiger charge is 2.10. The van der Waals surface area contributed by atoms with Crippen LogP contribution in [0.25, 0.3) is 0 Å². The summed E-state index contributed by atoms with van der Waals surface area (Å²) in [4.78, 5) is 0. The molecule has 15 heavy (non-hydrogen) atoms. The lowest BCUT2D eigenvalue weighted by Crippen LogP contribution is -2.34. The van der Waals surface area contributed by atoms with Crippen LogP contribution in [0.1, 0.15) is 31.9 Å².